The molecule has 0 saturated heterocycles. The maximum Gasteiger partial charge on any atom is 0.391 e. The fourth-order valence-corrected chi connectivity index (χ4v) is 2.10. The summed E-state index contributed by atoms with van der Waals surface area (Å²) in [5.41, 5.74) is 0. The summed E-state index contributed by atoms with van der Waals surface area (Å²) in [7, 11) is 0. The highest BCUT2D eigenvalue weighted by atomic mass is 19.4. The van der Waals surface area contributed by atoms with Crippen LogP contribution in [-0.4, -0.2) is 6.18 Å². The molecule has 0 N–H and O–H groups in total. The second-order valence-corrected chi connectivity index (χ2v) is 4.83. The maximum absolute atomic E-state index is 12.4. The van der Waals surface area contributed by atoms with E-state index in [-0.39, 0.29) is 5.92 Å². The van der Waals surface area contributed by atoms with Gasteiger partial charge in [0.05, 0.1) is 5.92 Å². The molecule has 3 heteroatoms. The molecule has 0 aromatic rings. The van der Waals surface area contributed by atoms with Crippen LogP contribution in [0, 0.1) is 11.8 Å². The van der Waals surface area contributed by atoms with Crippen molar-refractivity contribution in [2.24, 2.45) is 11.8 Å². The van der Waals surface area contributed by atoms with E-state index in [1.54, 1.807) is 0 Å². The molecule has 0 amide bonds. The Balaban J connectivity index is 4.01. The summed E-state index contributed by atoms with van der Waals surface area (Å²) < 4.78 is 37.3. The van der Waals surface area contributed by atoms with Crippen LogP contribution in [0.15, 0.2) is 0 Å². The summed E-state index contributed by atoms with van der Waals surface area (Å²) in [5, 5.41) is 0. The van der Waals surface area contributed by atoms with Gasteiger partial charge in [-0.15, -0.1) is 0 Å². The fourth-order valence-electron chi connectivity index (χ4n) is 2.10. The summed E-state index contributed by atoms with van der Waals surface area (Å²) in [4.78, 5) is 0. The van der Waals surface area contributed by atoms with Crippen molar-refractivity contribution in [2.75, 3.05) is 0 Å². The monoisotopic (exact) mass is 238 g/mol. The largest absolute Gasteiger partial charge is 0.391 e. The lowest BCUT2D eigenvalue weighted by molar-refractivity contribution is -0.174. The van der Waals surface area contributed by atoms with Crippen molar-refractivity contribution >= 4 is 0 Å². The molecule has 0 rings (SSSR count). The summed E-state index contributed by atoms with van der Waals surface area (Å²) >= 11 is 0. The van der Waals surface area contributed by atoms with Crippen molar-refractivity contribution in [3.05, 3.63) is 0 Å². The second-order valence-electron chi connectivity index (χ2n) is 4.83. The van der Waals surface area contributed by atoms with Crippen molar-refractivity contribution in [3.8, 4) is 0 Å². The third kappa shape index (κ3) is 7.13. The average Bonchev–Trinajstić information content (AvgIpc) is 2.16. The molecule has 0 aliphatic carbocycles. The van der Waals surface area contributed by atoms with Crippen LogP contribution >= 0.6 is 0 Å². The first kappa shape index (κ1) is 15.8. The van der Waals surface area contributed by atoms with E-state index in [1.165, 1.54) is 6.92 Å². The van der Waals surface area contributed by atoms with Gasteiger partial charge >= 0.3 is 6.18 Å². The molecule has 2 unspecified atom stereocenters. The third-order valence-electron chi connectivity index (χ3n) is 3.16. The van der Waals surface area contributed by atoms with Crippen molar-refractivity contribution < 1.29 is 13.2 Å². The van der Waals surface area contributed by atoms with Gasteiger partial charge in [-0.1, -0.05) is 59.3 Å². The number of rotatable bonds is 8. The molecule has 0 bridgehead atoms. The first-order chi connectivity index (χ1) is 7.41. The summed E-state index contributed by atoms with van der Waals surface area (Å²) in [6.07, 6.45) is 2.52. The smallest absolute Gasteiger partial charge is 0.171 e. The quantitative estimate of drug-likeness (QED) is 0.485. The zero-order valence-corrected chi connectivity index (χ0v) is 10.7. The standard InChI is InChI=1S/C13H25F3/c1-4-6-7-9-12(8-5-2)10-11(3)13(14,15)16/h11-12H,4-10H2,1-3H3. The van der Waals surface area contributed by atoms with Crippen LogP contribution in [0.4, 0.5) is 13.2 Å². The highest BCUT2D eigenvalue weighted by molar-refractivity contribution is 4.69. The van der Waals surface area contributed by atoms with E-state index in [2.05, 4.69) is 6.92 Å². The molecule has 2 atom stereocenters. The van der Waals surface area contributed by atoms with Crippen molar-refractivity contribution in [2.45, 2.75) is 71.9 Å². The Morgan fingerprint density at radius 1 is 0.938 bits per heavy atom. The molecular weight excluding hydrogens is 213 g/mol. The SMILES string of the molecule is CCCCCC(CCC)CC(C)C(F)(F)F. The maximum atomic E-state index is 12.4. The van der Waals surface area contributed by atoms with E-state index < -0.39 is 12.1 Å². The van der Waals surface area contributed by atoms with E-state index in [9.17, 15) is 13.2 Å². The van der Waals surface area contributed by atoms with Gasteiger partial charge in [-0.25, -0.2) is 0 Å². The predicted octanol–water partition coefficient (Wildman–Crippen LogP) is 5.57. The first-order valence-corrected chi connectivity index (χ1v) is 6.48. The van der Waals surface area contributed by atoms with Crippen molar-refractivity contribution in [3.63, 3.8) is 0 Å². The van der Waals surface area contributed by atoms with Crippen LogP contribution in [0.1, 0.15) is 65.7 Å². The minimum absolute atomic E-state index is 0.258. The number of alkyl halides is 3. The molecule has 0 nitrogen and oxygen atoms in total. The highest BCUT2D eigenvalue weighted by Gasteiger charge is 2.36. The molecule has 0 aliphatic rings. The van der Waals surface area contributed by atoms with Crippen LogP contribution in [-0.2, 0) is 0 Å². The van der Waals surface area contributed by atoms with E-state index in [4.69, 9.17) is 0 Å². The second kappa shape index (κ2) is 7.97. The Hall–Kier alpha value is -0.210. The molecule has 0 spiro atoms. The summed E-state index contributed by atoms with van der Waals surface area (Å²) in [6, 6.07) is 0. The zero-order chi connectivity index (χ0) is 12.6. The van der Waals surface area contributed by atoms with Crippen LogP contribution < -0.4 is 0 Å². The van der Waals surface area contributed by atoms with Crippen molar-refractivity contribution in [1.82, 2.24) is 0 Å². The van der Waals surface area contributed by atoms with Gasteiger partial charge in [0.1, 0.15) is 0 Å². The van der Waals surface area contributed by atoms with Gasteiger partial charge in [-0.05, 0) is 12.3 Å². The number of halogens is 3. The summed E-state index contributed by atoms with van der Waals surface area (Å²) in [6.45, 7) is 5.47. The van der Waals surface area contributed by atoms with Crippen LogP contribution in [0.2, 0.25) is 0 Å². The molecular formula is C13H25F3. The first-order valence-electron chi connectivity index (χ1n) is 6.48. The third-order valence-corrected chi connectivity index (χ3v) is 3.16. The van der Waals surface area contributed by atoms with Gasteiger partial charge < -0.3 is 0 Å². The Morgan fingerprint density at radius 3 is 2.00 bits per heavy atom. The fraction of sp³-hybridized carbons (Fsp3) is 1.00. The van der Waals surface area contributed by atoms with Crippen LogP contribution in [0.3, 0.4) is 0 Å². The Morgan fingerprint density at radius 2 is 1.56 bits per heavy atom. The lowest BCUT2D eigenvalue weighted by Gasteiger charge is -2.22. The van der Waals surface area contributed by atoms with Crippen LogP contribution in [0.25, 0.3) is 0 Å². The molecule has 0 aromatic carbocycles. The van der Waals surface area contributed by atoms with Gasteiger partial charge in [-0.3, -0.25) is 0 Å². The topological polar surface area (TPSA) is 0 Å². The number of hydrogen-bond acceptors (Lipinski definition) is 0. The van der Waals surface area contributed by atoms with Gasteiger partial charge in [0, 0.05) is 0 Å². The average molecular weight is 238 g/mol. The minimum atomic E-state index is -4.02. The van der Waals surface area contributed by atoms with Gasteiger partial charge in [0.15, 0.2) is 0 Å². The van der Waals surface area contributed by atoms with E-state index in [0.717, 1.165) is 38.5 Å². The lowest BCUT2D eigenvalue weighted by atomic mass is 9.87. The van der Waals surface area contributed by atoms with Gasteiger partial charge in [0.2, 0.25) is 0 Å². The van der Waals surface area contributed by atoms with Crippen molar-refractivity contribution in [1.29, 1.82) is 0 Å². The van der Waals surface area contributed by atoms with Gasteiger partial charge in [-0.2, -0.15) is 13.2 Å². The Kier molecular flexibility index (Phi) is 7.86. The number of unbranched alkanes of at least 4 members (excludes halogenated alkanes) is 2. The van der Waals surface area contributed by atoms with Crippen LogP contribution in [0.5, 0.6) is 0 Å². The molecule has 0 heterocycles. The number of hydrogen-bond donors (Lipinski definition) is 0. The molecule has 16 heavy (non-hydrogen) atoms. The Labute approximate surface area is 97.6 Å². The molecule has 0 aromatic heterocycles. The predicted molar refractivity (Wildman–Crippen MR) is 62.4 cm³/mol. The highest BCUT2D eigenvalue weighted by Crippen LogP contribution is 2.33. The van der Waals surface area contributed by atoms with Gasteiger partial charge in [0.25, 0.3) is 0 Å². The molecule has 0 saturated carbocycles. The molecule has 0 radical (unpaired) electrons. The Bertz CT molecular complexity index is 163. The van der Waals surface area contributed by atoms with E-state index >= 15 is 0 Å². The molecule has 98 valence electrons. The normalized spacial score (nSPS) is 16.1. The molecule has 0 fully saturated rings. The lowest BCUT2D eigenvalue weighted by Crippen LogP contribution is -2.22. The van der Waals surface area contributed by atoms with E-state index in [1.807, 2.05) is 6.92 Å². The minimum Gasteiger partial charge on any atom is -0.171 e. The zero-order valence-electron chi connectivity index (χ0n) is 10.7. The molecule has 0 aliphatic heterocycles. The summed E-state index contributed by atoms with van der Waals surface area (Å²) in [5.74, 6) is -0.890. The van der Waals surface area contributed by atoms with E-state index in [0.29, 0.717) is 6.42 Å².